The Kier molecular flexibility index (Phi) is 6.63. The summed E-state index contributed by atoms with van der Waals surface area (Å²) < 4.78 is 22.5. The quantitative estimate of drug-likeness (QED) is 0.647. The fraction of sp³-hybridized carbons (Fsp3) is 0.571. The van der Waals surface area contributed by atoms with Crippen LogP contribution in [0.1, 0.15) is 31.7 Å². The summed E-state index contributed by atoms with van der Waals surface area (Å²) in [5.74, 6) is 1.39. The van der Waals surface area contributed by atoms with Crippen molar-refractivity contribution in [2.45, 2.75) is 26.2 Å². The number of rotatable bonds is 8. The number of benzene rings is 1. The Morgan fingerprint density at radius 1 is 1.06 bits per heavy atom. The lowest BCUT2D eigenvalue weighted by molar-refractivity contribution is 0.0949. The molecule has 96 valence electrons. The van der Waals surface area contributed by atoms with E-state index in [2.05, 4.69) is 26.0 Å². The lowest BCUT2D eigenvalue weighted by Gasteiger charge is -2.09. The molecule has 17 heavy (non-hydrogen) atoms. The summed E-state index contributed by atoms with van der Waals surface area (Å²) >= 11 is 0. The summed E-state index contributed by atoms with van der Waals surface area (Å²) in [5, 5.41) is 0. The maximum Gasteiger partial charge on any atom is 0.119 e. The van der Waals surface area contributed by atoms with Gasteiger partial charge in [-0.25, -0.2) is 0 Å². The average Bonchev–Trinajstić information content (AvgIpc) is 2.34. The summed E-state index contributed by atoms with van der Waals surface area (Å²) in [4.78, 5) is 0. The van der Waals surface area contributed by atoms with Crippen molar-refractivity contribution >= 4 is 0 Å². The van der Waals surface area contributed by atoms with Crippen molar-refractivity contribution in [1.82, 2.24) is 0 Å². The van der Waals surface area contributed by atoms with Gasteiger partial charge in [-0.2, -0.15) is 0 Å². The molecule has 0 N–H and O–H groups in total. The third-order valence-electron chi connectivity index (χ3n) is 2.47. The minimum absolute atomic E-state index is 0.322. The van der Waals surface area contributed by atoms with Crippen LogP contribution >= 0.6 is 0 Å². The maximum absolute atomic E-state index is 11.8. The molecule has 0 aliphatic carbocycles. The lowest BCUT2D eigenvalue weighted by atomic mass is 10.0. The van der Waals surface area contributed by atoms with Gasteiger partial charge in [-0.15, -0.1) is 0 Å². The topological polar surface area (TPSA) is 18.5 Å². The molecule has 0 unspecified atom stereocenters. The Balaban J connectivity index is 2.19. The average molecular weight is 240 g/mol. The molecule has 0 fully saturated rings. The van der Waals surface area contributed by atoms with E-state index in [0.29, 0.717) is 32.2 Å². The predicted octanol–water partition coefficient (Wildman–Crippen LogP) is 3.57. The van der Waals surface area contributed by atoms with Gasteiger partial charge in [0.25, 0.3) is 0 Å². The second kappa shape index (κ2) is 8.07. The number of hydrogen-bond donors (Lipinski definition) is 0. The first-order valence-corrected chi connectivity index (χ1v) is 6.10. The van der Waals surface area contributed by atoms with E-state index in [1.807, 2.05) is 12.1 Å². The zero-order chi connectivity index (χ0) is 12.5. The zero-order valence-corrected chi connectivity index (χ0v) is 10.6. The van der Waals surface area contributed by atoms with Crippen LogP contribution in [0.5, 0.6) is 5.75 Å². The molecule has 0 saturated heterocycles. The molecule has 0 aromatic heterocycles. The van der Waals surface area contributed by atoms with Crippen molar-refractivity contribution in [3.8, 4) is 5.75 Å². The Bertz CT molecular complexity index is 296. The Morgan fingerprint density at radius 2 is 1.76 bits per heavy atom. The molecular formula is C14H21FO2. The molecule has 0 aliphatic rings. The highest BCUT2D eigenvalue weighted by Gasteiger charge is 1.99. The van der Waals surface area contributed by atoms with E-state index < -0.39 is 0 Å². The second-order valence-electron chi connectivity index (χ2n) is 4.23. The highest BCUT2D eigenvalue weighted by Crippen LogP contribution is 2.18. The Hall–Kier alpha value is -1.09. The van der Waals surface area contributed by atoms with Crippen LogP contribution in [0.25, 0.3) is 0 Å². The first-order chi connectivity index (χ1) is 8.24. The van der Waals surface area contributed by atoms with Crippen LogP contribution in [-0.2, 0) is 4.74 Å². The molecule has 0 heterocycles. The standard InChI is InChI=1S/C14H21FO2/c1-12(2)13-4-6-14(7-5-13)17-11-10-16-9-3-8-15/h4-7,12H,3,8-11H2,1-2H3. The number of alkyl halides is 1. The highest BCUT2D eigenvalue weighted by molar-refractivity contribution is 5.28. The van der Waals surface area contributed by atoms with E-state index in [9.17, 15) is 4.39 Å². The predicted molar refractivity (Wildman–Crippen MR) is 67.4 cm³/mol. The molecule has 1 aromatic rings. The van der Waals surface area contributed by atoms with E-state index in [0.717, 1.165) is 5.75 Å². The summed E-state index contributed by atoms with van der Waals surface area (Å²) in [6.45, 7) is 5.48. The zero-order valence-electron chi connectivity index (χ0n) is 10.6. The molecule has 0 radical (unpaired) electrons. The third kappa shape index (κ3) is 5.68. The van der Waals surface area contributed by atoms with Crippen molar-refractivity contribution in [3.05, 3.63) is 29.8 Å². The monoisotopic (exact) mass is 240 g/mol. The van der Waals surface area contributed by atoms with Crippen molar-refractivity contribution < 1.29 is 13.9 Å². The van der Waals surface area contributed by atoms with Gasteiger partial charge in [-0.05, 0) is 30.0 Å². The summed E-state index contributed by atoms with van der Waals surface area (Å²) in [6.07, 6.45) is 0.461. The highest BCUT2D eigenvalue weighted by atomic mass is 19.1. The van der Waals surface area contributed by atoms with Crippen LogP contribution in [0.2, 0.25) is 0 Å². The van der Waals surface area contributed by atoms with E-state index in [1.165, 1.54) is 5.56 Å². The second-order valence-corrected chi connectivity index (χ2v) is 4.23. The molecule has 2 nitrogen and oxygen atoms in total. The van der Waals surface area contributed by atoms with E-state index in [4.69, 9.17) is 9.47 Å². The molecule has 0 spiro atoms. The molecule has 0 atom stereocenters. The molecule has 0 amide bonds. The minimum atomic E-state index is -0.322. The fourth-order valence-electron chi connectivity index (χ4n) is 1.43. The Morgan fingerprint density at radius 3 is 2.35 bits per heavy atom. The van der Waals surface area contributed by atoms with Gasteiger partial charge in [0.1, 0.15) is 12.4 Å². The molecule has 0 bridgehead atoms. The number of ether oxygens (including phenoxy) is 2. The number of halogens is 1. The van der Waals surface area contributed by atoms with Crippen molar-refractivity contribution in [2.75, 3.05) is 26.5 Å². The Labute approximate surface area is 103 Å². The fourth-order valence-corrected chi connectivity index (χ4v) is 1.43. The van der Waals surface area contributed by atoms with Crippen molar-refractivity contribution in [1.29, 1.82) is 0 Å². The van der Waals surface area contributed by atoms with Gasteiger partial charge in [-0.3, -0.25) is 4.39 Å². The molecule has 0 saturated carbocycles. The lowest BCUT2D eigenvalue weighted by Crippen LogP contribution is -2.07. The van der Waals surface area contributed by atoms with Gasteiger partial charge in [0.05, 0.1) is 13.3 Å². The van der Waals surface area contributed by atoms with Crippen LogP contribution in [0, 0.1) is 0 Å². The smallest absolute Gasteiger partial charge is 0.119 e. The van der Waals surface area contributed by atoms with Crippen LogP contribution in [0.3, 0.4) is 0 Å². The molecule has 0 aliphatic heterocycles. The van der Waals surface area contributed by atoms with Crippen molar-refractivity contribution in [3.63, 3.8) is 0 Å². The normalized spacial score (nSPS) is 10.8. The minimum Gasteiger partial charge on any atom is -0.491 e. The SMILES string of the molecule is CC(C)c1ccc(OCCOCCCF)cc1. The van der Waals surface area contributed by atoms with E-state index in [-0.39, 0.29) is 6.67 Å². The largest absolute Gasteiger partial charge is 0.491 e. The number of hydrogen-bond acceptors (Lipinski definition) is 2. The van der Waals surface area contributed by atoms with Gasteiger partial charge in [-0.1, -0.05) is 26.0 Å². The van der Waals surface area contributed by atoms with Gasteiger partial charge in [0, 0.05) is 6.61 Å². The van der Waals surface area contributed by atoms with E-state index in [1.54, 1.807) is 0 Å². The molecular weight excluding hydrogens is 219 g/mol. The summed E-state index contributed by atoms with van der Waals surface area (Å²) in [6, 6.07) is 8.09. The molecule has 1 rings (SSSR count). The first kappa shape index (κ1) is 14.0. The van der Waals surface area contributed by atoms with Gasteiger partial charge in [0.2, 0.25) is 0 Å². The maximum atomic E-state index is 11.8. The van der Waals surface area contributed by atoms with E-state index >= 15 is 0 Å². The van der Waals surface area contributed by atoms with Gasteiger partial charge >= 0.3 is 0 Å². The summed E-state index contributed by atoms with van der Waals surface area (Å²) in [7, 11) is 0. The van der Waals surface area contributed by atoms with Gasteiger partial charge < -0.3 is 9.47 Å². The van der Waals surface area contributed by atoms with Crippen molar-refractivity contribution in [2.24, 2.45) is 0 Å². The van der Waals surface area contributed by atoms with Crippen LogP contribution in [-0.4, -0.2) is 26.5 Å². The first-order valence-electron chi connectivity index (χ1n) is 6.10. The van der Waals surface area contributed by atoms with Crippen LogP contribution in [0.4, 0.5) is 4.39 Å². The molecule has 1 aromatic carbocycles. The third-order valence-corrected chi connectivity index (χ3v) is 2.47. The van der Waals surface area contributed by atoms with Crippen LogP contribution < -0.4 is 4.74 Å². The molecule has 3 heteroatoms. The summed E-state index contributed by atoms with van der Waals surface area (Å²) in [5.41, 5.74) is 1.30. The van der Waals surface area contributed by atoms with Crippen LogP contribution in [0.15, 0.2) is 24.3 Å². The van der Waals surface area contributed by atoms with Gasteiger partial charge in [0.15, 0.2) is 0 Å².